The number of benzene rings is 2. The van der Waals surface area contributed by atoms with Crippen molar-refractivity contribution in [3.63, 3.8) is 0 Å². The van der Waals surface area contributed by atoms with Crippen LogP contribution < -0.4 is 10.6 Å². The topological polar surface area (TPSA) is 61.4 Å². The molecule has 0 fully saturated rings. The van der Waals surface area contributed by atoms with Crippen LogP contribution in [0.25, 0.3) is 10.1 Å². The SMILES string of the molecule is O=C(NCc1ccccc1)NCC(O)c1csc2ccccc12. The first kappa shape index (κ1) is 15.5. The summed E-state index contributed by atoms with van der Waals surface area (Å²) in [6.07, 6.45) is -0.714. The van der Waals surface area contributed by atoms with Gasteiger partial charge in [0.1, 0.15) is 0 Å². The molecule has 118 valence electrons. The Morgan fingerprint density at radius 3 is 2.61 bits per heavy atom. The van der Waals surface area contributed by atoms with Gasteiger partial charge in [0.15, 0.2) is 0 Å². The van der Waals surface area contributed by atoms with Gasteiger partial charge in [0.2, 0.25) is 0 Å². The molecule has 4 nitrogen and oxygen atoms in total. The maximum atomic E-state index is 11.8. The maximum absolute atomic E-state index is 11.8. The summed E-state index contributed by atoms with van der Waals surface area (Å²) in [6, 6.07) is 17.4. The molecule has 1 atom stereocenters. The van der Waals surface area contributed by atoms with E-state index in [4.69, 9.17) is 0 Å². The number of thiophene rings is 1. The van der Waals surface area contributed by atoms with E-state index < -0.39 is 6.10 Å². The summed E-state index contributed by atoms with van der Waals surface area (Å²) in [4.78, 5) is 11.8. The van der Waals surface area contributed by atoms with Crippen molar-refractivity contribution in [1.29, 1.82) is 0 Å². The summed E-state index contributed by atoms with van der Waals surface area (Å²) in [5.41, 5.74) is 1.89. The Morgan fingerprint density at radius 2 is 1.78 bits per heavy atom. The lowest BCUT2D eigenvalue weighted by Gasteiger charge is -2.12. The van der Waals surface area contributed by atoms with Crippen LogP contribution in [-0.4, -0.2) is 17.7 Å². The zero-order chi connectivity index (χ0) is 16.1. The van der Waals surface area contributed by atoms with Crippen LogP contribution in [0.5, 0.6) is 0 Å². The number of nitrogens with one attached hydrogen (secondary N) is 2. The zero-order valence-electron chi connectivity index (χ0n) is 12.5. The molecule has 0 spiro atoms. The van der Waals surface area contributed by atoms with E-state index in [-0.39, 0.29) is 12.6 Å². The predicted octanol–water partition coefficient (Wildman–Crippen LogP) is 3.43. The average molecular weight is 326 g/mol. The molecular formula is C18H18N2O2S. The van der Waals surface area contributed by atoms with Gasteiger partial charge in [0.25, 0.3) is 0 Å². The van der Waals surface area contributed by atoms with Crippen LogP contribution in [-0.2, 0) is 6.54 Å². The fourth-order valence-electron chi connectivity index (χ4n) is 2.40. The normalized spacial score (nSPS) is 12.0. The van der Waals surface area contributed by atoms with E-state index in [0.717, 1.165) is 21.2 Å². The molecule has 1 aromatic heterocycles. The lowest BCUT2D eigenvalue weighted by Crippen LogP contribution is -2.37. The molecule has 1 unspecified atom stereocenters. The number of hydrogen-bond donors (Lipinski definition) is 3. The fraction of sp³-hybridized carbons (Fsp3) is 0.167. The molecule has 0 radical (unpaired) electrons. The number of hydrogen-bond acceptors (Lipinski definition) is 3. The maximum Gasteiger partial charge on any atom is 0.315 e. The monoisotopic (exact) mass is 326 g/mol. The number of carbonyl (C=O) groups is 1. The van der Waals surface area contributed by atoms with Crippen LogP contribution in [0.1, 0.15) is 17.2 Å². The van der Waals surface area contributed by atoms with Crippen molar-refractivity contribution in [2.24, 2.45) is 0 Å². The second-order valence-electron chi connectivity index (χ2n) is 5.25. The Bertz CT molecular complexity index is 786. The first-order valence-electron chi connectivity index (χ1n) is 7.44. The van der Waals surface area contributed by atoms with Crippen molar-refractivity contribution in [1.82, 2.24) is 10.6 Å². The fourth-order valence-corrected chi connectivity index (χ4v) is 3.40. The van der Waals surface area contributed by atoms with E-state index in [2.05, 4.69) is 10.6 Å². The molecule has 0 bridgehead atoms. The van der Waals surface area contributed by atoms with Crippen molar-refractivity contribution in [3.05, 3.63) is 71.1 Å². The van der Waals surface area contributed by atoms with E-state index in [1.165, 1.54) is 0 Å². The second kappa shape index (κ2) is 7.26. The molecule has 2 amide bonds. The highest BCUT2D eigenvalue weighted by atomic mass is 32.1. The average Bonchev–Trinajstić information content (AvgIpc) is 3.03. The van der Waals surface area contributed by atoms with Gasteiger partial charge in [-0.2, -0.15) is 0 Å². The van der Waals surface area contributed by atoms with Gasteiger partial charge in [0, 0.05) is 23.4 Å². The van der Waals surface area contributed by atoms with Gasteiger partial charge in [-0.1, -0.05) is 48.5 Å². The summed E-state index contributed by atoms with van der Waals surface area (Å²) in [5, 5.41) is 18.8. The van der Waals surface area contributed by atoms with Crippen LogP contribution in [0, 0.1) is 0 Å². The number of fused-ring (bicyclic) bond motifs is 1. The Labute approximate surface area is 138 Å². The lowest BCUT2D eigenvalue weighted by atomic mass is 10.1. The Morgan fingerprint density at radius 1 is 1.04 bits per heavy atom. The highest BCUT2D eigenvalue weighted by Crippen LogP contribution is 2.29. The molecule has 3 rings (SSSR count). The van der Waals surface area contributed by atoms with Crippen LogP contribution in [0.4, 0.5) is 4.79 Å². The third-order valence-corrected chi connectivity index (χ3v) is 4.60. The van der Waals surface area contributed by atoms with Crippen LogP contribution >= 0.6 is 11.3 Å². The Hall–Kier alpha value is -2.37. The minimum absolute atomic E-state index is 0.182. The van der Waals surface area contributed by atoms with Crippen molar-refractivity contribution < 1.29 is 9.90 Å². The van der Waals surface area contributed by atoms with Crippen molar-refractivity contribution in [2.45, 2.75) is 12.6 Å². The van der Waals surface area contributed by atoms with E-state index in [9.17, 15) is 9.90 Å². The minimum Gasteiger partial charge on any atom is -0.387 e. The van der Waals surface area contributed by atoms with Gasteiger partial charge >= 0.3 is 6.03 Å². The van der Waals surface area contributed by atoms with Gasteiger partial charge in [0.05, 0.1) is 6.10 Å². The first-order valence-corrected chi connectivity index (χ1v) is 8.32. The number of carbonyl (C=O) groups excluding carboxylic acids is 1. The van der Waals surface area contributed by atoms with Gasteiger partial charge in [-0.15, -0.1) is 11.3 Å². The molecule has 0 aliphatic carbocycles. The molecule has 2 aromatic carbocycles. The minimum atomic E-state index is -0.714. The molecule has 5 heteroatoms. The van der Waals surface area contributed by atoms with Gasteiger partial charge in [-0.25, -0.2) is 4.79 Å². The summed E-state index contributed by atoms with van der Waals surface area (Å²) in [5.74, 6) is 0. The van der Waals surface area contributed by atoms with Crippen molar-refractivity contribution in [2.75, 3.05) is 6.54 Å². The van der Waals surface area contributed by atoms with E-state index in [1.807, 2.05) is 60.0 Å². The third-order valence-electron chi connectivity index (χ3n) is 3.62. The number of amides is 2. The Kier molecular flexibility index (Phi) is 4.90. The van der Waals surface area contributed by atoms with E-state index >= 15 is 0 Å². The van der Waals surface area contributed by atoms with E-state index in [0.29, 0.717) is 6.54 Å². The van der Waals surface area contributed by atoms with E-state index in [1.54, 1.807) is 11.3 Å². The molecule has 3 aromatic rings. The van der Waals surface area contributed by atoms with Crippen molar-refractivity contribution in [3.8, 4) is 0 Å². The molecule has 0 saturated heterocycles. The summed E-state index contributed by atoms with van der Waals surface area (Å²) in [7, 11) is 0. The van der Waals surface area contributed by atoms with Gasteiger partial charge in [-0.3, -0.25) is 0 Å². The summed E-state index contributed by atoms with van der Waals surface area (Å²) >= 11 is 1.60. The number of urea groups is 1. The molecular weight excluding hydrogens is 308 g/mol. The van der Waals surface area contributed by atoms with Gasteiger partial charge < -0.3 is 15.7 Å². The van der Waals surface area contributed by atoms with Crippen molar-refractivity contribution >= 4 is 27.5 Å². The second-order valence-corrected chi connectivity index (χ2v) is 6.16. The third kappa shape index (κ3) is 3.88. The van der Waals surface area contributed by atoms with Crippen LogP contribution in [0.3, 0.4) is 0 Å². The van der Waals surface area contributed by atoms with Crippen LogP contribution in [0.15, 0.2) is 60.0 Å². The Balaban J connectivity index is 1.52. The molecule has 3 N–H and O–H groups in total. The summed E-state index contributed by atoms with van der Waals surface area (Å²) < 4.78 is 1.13. The summed E-state index contributed by atoms with van der Waals surface area (Å²) in [6.45, 7) is 0.644. The standard InChI is InChI=1S/C18H18N2O2S/c21-16(15-12-23-17-9-5-4-8-14(15)17)11-20-18(22)19-10-13-6-2-1-3-7-13/h1-9,12,16,21H,10-11H2,(H2,19,20,22). The number of rotatable bonds is 5. The van der Waals surface area contributed by atoms with Crippen LogP contribution in [0.2, 0.25) is 0 Å². The number of aliphatic hydroxyl groups excluding tert-OH is 1. The zero-order valence-corrected chi connectivity index (χ0v) is 13.3. The van der Waals surface area contributed by atoms with Gasteiger partial charge in [-0.05, 0) is 22.4 Å². The smallest absolute Gasteiger partial charge is 0.315 e. The quantitative estimate of drug-likeness (QED) is 0.672. The highest BCUT2D eigenvalue weighted by Gasteiger charge is 2.13. The predicted molar refractivity (Wildman–Crippen MR) is 93.5 cm³/mol. The molecule has 0 aliphatic rings. The largest absolute Gasteiger partial charge is 0.387 e. The first-order chi connectivity index (χ1) is 11.2. The molecule has 1 heterocycles. The molecule has 0 aliphatic heterocycles. The molecule has 0 saturated carbocycles. The highest BCUT2D eigenvalue weighted by molar-refractivity contribution is 7.17. The molecule has 23 heavy (non-hydrogen) atoms. The lowest BCUT2D eigenvalue weighted by molar-refractivity contribution is 0.174. The number of aliphatic hydroxyl groups is 1.